The highest BCUT2D eigenvalue weighted by atomic mass is 32.1. The molecule has 0 radical (unpaired) electrons. The first-order valence-electron chi connectivity index (χ1n) is 6.54. The minimum atomic E-state index is -0.259. The topological polar surface area (TPSA) is 15.3 Å². The Bertz CT molecular complexity index is 422. The van der Waals surface area contributed by atoms with E-state index in [1.165, 1.54) is 18.9 Å². The zero-order valence-corrected chi connectivity index (χ0v) is 11.5. The van der Waals surface area contributed by atoms with Crippen LogP contribution in [-0.4, -0.2) is 22.6 Å². The Morgan fingerprint density at radius 2 is 2.22 bits per heavy atom. The predicted octanol–water partition coefficient (Wildman–Crippen LogP) is 3.79. The van der Waals surface area contributed by atoms with Gasteiger partial charge in [-0.15, -0.1) is 0 Å². The summed E-state index contributed by atoms with van der Waals surface area (Å²) in [4.78, 5) is 2.20. The molecule has 18 heavy (non-hydrogen) atoms. The molecule has 0 aromatic heterocycles. The molecular formula is C14H19FN2S. The van der Waals surface area contributed by atoms with E-state index in [0.717, 1.165) is 19.4 Å². The largest absolute Gasteiger partial charge is 0.346 e. The van der Waals surface area contributed by atoms with Gasteiger partial charge in [0, 0.05) is 12.6 Å². The van der Waals surface area contributed by atoms with Gasteiger partial charge in [-0.25, -0.2) is 4.39 Å². The molecule has 1 aliphatic heterocycles. The van der Waals surface area contributed by atoms with Crippen molar-refractivity contribution in [3.05, 3.63) is 30.1 Å². The molecule has 0 bridgehead atoms. The number of nitrogens with one attached hydrogen (secondary N) is 1. The van der Waals surface area contributed by atoms with Crippen LogP contribution in [0.15, 0.2) is 24.3 Å². The molecule has 1 fully saturated rings. The van der Waals surface area contributed by atoms with Gasteiger partial charge >= 0.3 is 0 Å². The van der Waals surface area contributed by atoms with Crippen molar-refractivity contribution in [2.45, 2.75) is 38.6 Å². The summed E-state index contributed by atoms with van der Waals surface area (Å²) in [6.45, 7) is 3.15. The summed E-state index contributed by atoms with van der Waals surface area (Å²) >= 11 is 5.41. The standard InChI is InChI=1S/C14H19FN2S/c1-2-11-7-5-6-10-17(11)14(18)16-13-9-4-3-8-12(13)15/h3-4,8-9,11H,2,5-7,10H2,1H3,(H,16,18)/t11-/m1/s1. The first kappa shape index (κ1) is 13.3. The molecule has 2 nitrogen and oxygen atoms in total. The van der Waals surface area contributed by atoms with Crippen molar-refractivity contribution in [1.29, 1.82) is 0 Å². The number of thiocarbonyl (C=S) groups is 1. The Morgan fingerprint density at radius 3 is 2.94 bits per heavy atom. The lowest BCUT2D eigenvalue weighted by atomic mass is 10.0. The lowest BCUT2D eigenvalue weighted by molar-refractivity contribution is 0.239. The SMILES string of the molecule is CC[C@@H]1CCCCN1C(=S)Nc1ccccc1F. The third kappa shape index (κ3) is 2.99. The van der Waals surface area contributed by atoms with Crippen LogP contribution in [0, 0.1) is 5.82 Å². The zero-order valence-electron chi connectivity index (χ0n) is 10.7. The van der Waals surface area contributed by atoms with E-state index in [0.29, 0.717) is 16.8 Å². The predicted molar refractivity (Wildman–Crippen MR) is 77.3 cm³/mol. The average Bonchev–Trinajstić information content (AvgIpc) is 2.41. The van der Waals surface area contributed by atoms with Crippen LogP contribution in [0.1, 0.15) is 32.6 Å². The summed E-state index contributed by atoms with van der Waals surface area (Å²) in [5, 5.41) is 3.67. The number of nitrogens with zero attached hydrogens (tertiary/aromatic N) is 1. The van der Waals surface area contributed by atoms with Gasteiger partial charge in [0.25, 0.3) is 0 Å². The molecule has 1 atom stereocenters. The van der Waals surface area contributed by atoms with E-state index < -0.39 is 0 Å². The molecule has 0 unspecified atom stereocenters. The Morgan fingerprint density at radius 1 is 1.44 bits per heavy atom. The van der Waals surface area contributed by atoms with Crippen LogP contribution in [0.4, 0.5) is 10.1 Å². The van der Waals surface area contributed by atoms with Crippen molar-refractivity contribution in [2.75, 3.05) is 11.9 Å². The lowest BCUT2D eigenvalue weighted by Crippen LogP contribution is -2.45. The van der Waals surface area contributed by atoms with Gasteiger partial charge < -0.3 is 10.2 Å². The second-order valence-corrected chi connectivity index (χ2v) is 5.05. The number of hydrogen-bond acceptors (Lipinski definition) is 1. The molecule has 0 saturated carbocycles. The van der Waals surface area contributed by atoms with Crippen molar-refractivity contribution in [3.63, 3.8) is 0 Å². The van der Waals surface area contributed by atoms with Gasteiger partial charge in [0.05, 0.1) is 5.69 Å². The molecule has 0 aliphatic carbocycles. The molecule has 0 spiro atoms. The van der Waals surface area contributed by atoms with Crippen LogP contribution in [0.5, 0.6) is 0 Å². The van der Waals surface area contributed by atoms with Gasteiger partial charge in [-0.05, 0) is 50.0 Å². The second-order valence-electron chi connectivity index (χ2n) is 4.66. The third-order valence-corrected chi connectivity index (χ3v) is 3.81. The van der Waals surface area contributed by atoms with Gasteiger partial charge in [0.1, 0.15) is 5.82 Å². The first-order valence-corrected chi connectivity index (χ1v) is 6.95. The van der Waals surface area contributed by atoms with Crippen LogP contribution in [-0.2, 0) is 0 Å². The third-order valence-electron chi connectivity index (χ3n) is 3.47. The molecule has 4 heteroatoms. The normalized spacial score (nSPS) is 19.7. The van der Waals surface area contributed by atoms with Crippen molar-refractivity contribution >= 4 is 23.0 Å². The molecule has 98 valence electrons. The summed E-state index contributed by atoms with van der Waals surface area (Å²) in [5.41, 5.74) is 0.461. The van der Waals surface area contributed by atoms with E-state index in [4.69, 9.17) is 12.2 Å². The Balaban J connectivity index is 2.05. The molecule has 1 heterocycles. The van der Waals surface area contributed by atoms with Gasteiger partial charge in [0.15, 0.2) is 5.11 Å². The molecule has 0 amide bonds. The van der Waals surface area contributed by atoms with Gasteiger partial charge in [-0.2, -0.15) is 0 Å². The molecule has 1 saturated heterocycles. The van der Waals surface area contributed by atoms with E-state index in [-0.39, 0.29) is 5.82 Å². The van der Waals surface area contributed by atoms with Gasteiger partial charge in [-0.3, -0.25) is 0 Å². The maximum atomic E-state index is 13.6. The molecular weight excluding hydrogens is 247 g/mol. The fraction of sp³-hybridized carbons (Fsp3) is 0.500. The number of hydrogen-bond donors (Lipinski definition) is 1. The second kappa shape index (κ2) is 6.14. The summed E-state index contributed by atoms with van der Waals surface area (Å²) in [6.07, 6.45) is 4.68. The number of benzene rings is 1. The van der Waals surface area contributed by atoms with Crippen LogP contribution in [0.2, 0.25) is 0 Å². The fourth-order valence-electron chi connectivity index (χ4n) is 2.44. The maximum absolute atomic E-state index is 13.6. The monoisotopic (exact) mass is 266 g/mol. The van der Waals surface area contributed by atoms with Crippen molar-refractivity contribution < 1.29 is 4.39 Å². The minimum Gasteiger partial charge on any atom is -0.346 e. The summed E-state index contributed by atoms with van der Waals surface area (Å²) in [6, 6.07) is 7.14. The first-order chi connectivity index (χ1) is 8.72. The number of para-hydroxylation sites is 1. The van der Waals surface area contributed by atoms with Gasteiger partial charge in [0.2, 0.25) is 0 Å². The van der Waals surface area contributed by atoms with E-state index in [1.54, 1.807) is 12.1 Å². The molecule has 1 aliphatic rings. The number of piperidine rings is 1. The van der Waals surface area contributed by atoms with Crippen molar-refractivity contribution in [1.82, 2.24) is 4.90 Å². The minimum absolute atomic E-state index is 0.259. The molecule has 2 rings (SSSR count). The highest BCUT2D eigenvalue weighted by Gasteiger charge is 2.23. The van der Waals surface area contributed by atoms with E-state index in [2.05, 4.69) is 17.1 Å². The Hall–Kier alpha value is -1.16. The molecule has 1 N–H and O–H groups in total. The van der Waals surface area contributed by atoms with Crippen molar-refractivity contribution in [2.24, 2.45) is 0 Å². The Labute approximate surface area is 113 Å². The van der Waals surface area contributed by atoms with Gasteiger partial charge in [-0.1, -0.05) is 19.1 Å². The van der Waals surface area contributed by atoms with Crippen LogP contribution < -0.4 is 5.32 Å². The highest BCUT2D eigenvalue weighted by Crippen LogP contribution is 2.21. The summed E-state index contributed by atoms with van der Waals surface area (Å²) in [5.74, 6) is -0.259. The summed E-state index contributed by atoms with van der Waals surface area (Å²) in [7, 11) is 0. The smallest absolute Gasteiger partial charge is 0.173 e. The fourth-order valence-corrected chi connectivity index (χ4v) is 2.79. The van der Waals surface area contributed by atoms with E-state index in [9.17, 15) is 4.39 Å². The van der Waals surface area contributed by atoms with Crippen LogP contribution >= 0.6 is 12.2 Å². The number of likely N-dealkylation sites (tertiary alicyclic amines) is 1. The van der Waals surface area contributed by atoms with E-state index in [1.807, 2.05) is 6.07 Å². The average molecular weight is 266 g/mol. The zero-order chi connectivity index (χ0) is 13.0. The molecule has 1 aromatic carbocycles. The number of rotatable bonds is 2. The maximum Gasteiger partial charge on any atom is 0.173 e. The highest BCUT2D eigenvalue weighted by molar-refractivity contribution is 7.80. The summed E-state index contributed by atoms with van der Waals surface area (Å²) < 4.78 is 13.6. The quantitative estimate of drug-likeness (QED) is 0.820. The lowest BCUT2D eigenvalue weighted by Gasteiger charge is -2.37. The Kier molecular flexibility index (Phi) is 4.53. The van der Waals surface area contributed by atoms with Crippen molar-refractivity contribution in [3.8, 4) is 0 Å². The van der Waals surface area contributed by atoms with Crippen LogP contribution in [0.25, 0.3) is 0 Å². The number of halogens is 1. The van der Waals surface area contributed by atoms with E-state index >= 15 is 0 Å². The molecule has 1 aromatic rings. The number of anilines is 1. The van der Waals surface area contributed by atoms with Crippen LogP contribution in [0.3, 0.4) is 0 Å².